The van der Waals surface area contributed by atoms with Gasteiger partial charge in [-0.05, 0) is 23.6 Å². The van der Waals surface area contributed by atoms with Gasteiger partial charge in [0.05, 0.1) is 38.0 Å². The molecule has 4 aromatic rings. The topological polar surface area (TPSA) is 391 Å². The van der Waals surface area contributed by atoms with Crippen molar-refractivity contribution in [1.82, 2.24) is 39.0 Å². The number of hydrogen-bond acceptors (Lipinski definition) is 24. The molecule has 0 spiro atoms. The first-order valence-electron chi connectivity index (χ1n) is 18.0. The van der Waals surface area contributed by atoms with Gasteiger partial charge >= 0.3 is 44.8 Å². The molecule has 382 valence electrons. The Kier molecular flexibility index (Phi) is 17.0. The summed E-state index contributed by atoms with van der Waals surface area (Å²) in [5, 5.41) is 42.3. The lowest BCUT2D eigenvalue weighted by Crippen LogP contribution is -2.33. The molecule has 26 nitrogen and oxygen atoms in total. The maximum absolute atomic E-state index is 13.3. The van der Waals surface area contributed by atoms with Gasteiger partial charge in [0.2, 0.25) is 0 Å². The van der Waals surface area contributed by atoms with E-state index >= 15 is 0 Å². The quantitative estimate of drug-likeness (QED) is 0.0212. The van der Waals surface area contributed by atoms with Crippen LogP contribution in [0.1, 0.15) is 18.9 Å². The average molecular weight is 1180 g/mol. The standard InChI is InChI=1S/C26H32Cl2F6N10O16P4S4/c27-26(28,62(51,52)60-64(54,66)56-4-9-13(46)15(48)21(58-9)44-7-38-11-17(36)40-23(42-19(11)44)68-5-25(32,33)34)61(49,50)59-63(53,65)55-3-8-12(45)14(47)20(57-8)43-6-37-10-16(35)39-22(41-18(10)43)67-2-1-24(29,30)31/h6-9,12-15,20-21,45-48H,1-5H2,(H,49,50)(H,51,52)(H,53,65)(H,54,66)(H2,35,39,41)(H2,36,40,42)/t8-,9-,12-,13-,14-,15-,20-,21-,63?,64?/m1/s1. The van der Waals surface area contributed by atoms with E-state index in [1.807, 2.05) is 0 Å². The number of fused-ring (bicyclic) bond motifs is 2. The SMILES string of the molecule is Nc1nc(SCCC(F)(F)F)nc2c1ncn2[C@@H]1O[C@H](COP(O)(=S)OP(=O)(O)C(Cl)(Cl)P(=O)(O)OP(O)(=S)OC[C@H]2O[C@@H](n3cnc4c(N)nc(SCC(F)(F)F)nc43)[C@H](O)[C@@H]2O)[C@@H](O)[C@H]1O. The molecular formula is C26H32Cl2F6N10O16P4S4. The fourth-order valence-corrected chi connectivity index (χ4v) is 16.4. The second-order valence-corrected chi connectivity index (χ2v) is 28.5. The van der Waals surface area contributed by atoms with E-state index in [9.17, 15) is 75.5 Å². The molecule has 6 heterocycles. The summed E-state index contributed by atoms with van der Waals surface area (Å²) in [5.41, 5.74) is 11.1. The predicted octanol–water partition coefficient (Wildman–Crippen LogP) is 2.73. The Bertz CT molecular complexity index is 2720. The second kappa shape index (κ2) is 20.6. The van der Waals surface area contributed by atoms with Crippen LogP contribution in [-0.2, 0) is 59.9 Å². The molecule has 0 radical (unpaired) electrons. The second-order valence-electron chi connectivity index (χ2n) is 13.9. The maximum atomic E-state index is 13.3. The summed E-state index contributed by atoms with van der Waals surface area (Å²) >= 11 is 21.8. The van der Waals surface area contributed by atoms with Crippen molar-refractivity contribution in [3.8, 4) is 0 Å². The van der Waals surface area contributed by atoms with Crippen molar-refractivity contribution in [2.45, 2.75) is 82.0 Å². The molecule has 68 heavy (non-hydrogen) atoms. The molecule has 42 heteroatoms. The van der Waals surface area contributed by atoms with E-state index in [4.69, 9.17) is 76.8 Å². The molecule has 2 saturated heterocycles. The third-order valence-corrected chi connectivity index (χ3v) is 22.4. The Balaban J connectivity index is 1.06. The van der Waals surface area contributed by atoms with E-state index < -0.39 is 130 Å². The molecule has 2 aliphatic heterocycles. The molecule has 0 amide bonds. The van der Waals surface area contributed by atoms with Crippen molar-refractivity contribution in [3.05, 3.63) is 12.7 Å². The van der Waals surface area contributed by atoms with Crippen LogP contribution in [-0.4, -0.2) is 157 Å². The van der Waals surface area contributed by atoms with Gasteiger partial charge < -0.3 is 70.0 Å². The van der Waals surface area contributed by atoms with Crippen LogP contribution in [0.3, 0.4) is 0 Å². The number of hydrogen-bond donors (Lipinski definition) is 10. The van der Waals surface area contributed by atoms with Crippen molar-refractivity contribution in [3.63, 3.8) is 0 Å². The summed E-state index contributed by atoms with van der Waals surface area (Å²) in [5.74, 6) is -2.48. The Hall–Kier alpha value is -1.24. The third-order valence-electron chi connectivity index (χ3n) is 8.97. The minimum absolute atomic E-state index is 0.0740. The van der Waals surface area contributed by atoms with E-state index in [1.54, 1.807) is 0 Å². The van der Waals surface area contributed by atoms with Crippen LogP contribution in [0.5, 0.6) is 0 Å². The lowest BCUT2D eigenvalue weighted by atomic mass is 10.1. The lowest BCUT2D eigenvalue weighted by Gasteiger charge is -2.31. The van der Waals surface area contributed by atoms with Gasteiger partial charge in [-0.15, -0.1) is 0 Å². The van der Waals surface area contributed by atoms with Crippen LogP contribution in [0.2, 0.25) is 0 Å². The Morgan fingerprint density at radius 1 is 0.691 bits per heavy atom. The van der Waals surface area contributed by atoms with Crippen LogP contribution < -0.4 is 11.5 Å². The van der Waals surface area contributed by atoms with Crippen LogP contribution in [0.25, 0.3) is 22.3 Å². The van der Waals surface area contributed by atoms with Crippen molar-refractivity contribution >= 4 is 133 Å². The normalized spacial score (nSPS) is 27.6. The zero-order chi connectivity index (χ0) is 50.7. The van der Waals surface area contributed by atoms with Gasteiger partial charge in [0.1, 0.15) is 47.7 Å². The molecule has 0 aromatic carbocycles. The molecule has 2 fully saturated rings. The Morgan fingerprint density at radius 3 is 1.47 bits per heavy atom. The number of nitrogens with two attached hydrogens (primary N) is 2. The van der Waals surface area contributed by atoms with Crippen LogP contribution in [0, 0.1) is 0 Å². The third kappa shape index (κ3) is 12.7. The van der Waals surface area contributed by atoms with Gasteiger partial charge in [-0.2, -0.15) is 26.3 Å². The highest BCUT2D eigenvalue weighted by molar-refractivity contribution is 8.10. The summed E-state index contributed by atoms with van der Waals surface area (Å²) < 4.78 is 131. The van der Waals surface area contributed by atoms with Crippen LogP contribution >= 0.6 is 75.4 Å². The fourth-order valence-electron chi connectivity index (χ4n) is 5.85. The molecule has 0 aliphatic carbocycles. The summed E-state index contributed by atoms with van der Waals surface area (Å²) in [7, 11) is -12.5. The number of nitrogens with zero attached hydrogens (tertiary/aromatic N) is 8. The molecule has 4 aromatic heterocycles. The summed E-state index contributed by atoms with van der Waals surface area (Å²) in [6, 6.07) is 0. The van der Waals surface area contributed by atoms with E-state index in [2.05, 4.69) is 38.5 Å². The van der Waals surface area contributed by atoms with Gasteiger partial charge in [0, 0.05) is 5.75 Å². The van der Waals surface area contributed by atoms with Crippen molar-refractivity contribution in [2.75, 3.05) is 36.2 Å². The lowest BCUT2D eigenvalue weighted by molar-refractivity contribution is -0.129. The van der Waals surface area contributed by atoms with Crippen molar-refractivity contribution in [1.29, 1.82) is 0 Å². The number of alkyl halides is 8. The monoisotopic (exact) mass is 1180 g/mol. The highest BCUT2D eigenvalue weighted by Gasteiger charge is 2.65. The van der Waals surface area contributed by atoms with Gasteiger partial charge in [0.15, 0.2) is 45.7 Å². The minimum Gasteiger partial charge on any atom is -0.387 e. The predicted molar refractivity (Wildman–Crippen MR) is 231 cm³/mol. The number of imidazole rings is 2. The number of aliphatic hydroxyl groups excluding tert-OH is 4. The fraction of sp³-hybridized carbons (Fsp3) is 0.615. The first-order chi connectivity index (χ1) is 31.1. The van der Waals surface area contributed by atoms with E-state index in [0.717, 1.165) is 21.8 Å². The number of ether oxygens (including phenoxy) is 2. The number of halogens is 8. The van der Waals surface area contributed by atoms with Gasteiger partial charge in [-0.25, -0.2) is 38.5 Å². The van der Waals surface area contributed by atoms with E-state index in [-0.39, 0.29) is 50.9 Å². The minimum atomic E-state index is -6.23. The number of aliphatic hydroxyl groups is 4. The first kappa shape index (κ1) is 56.1. The summed E-state index contributed by atoms with van der Waals surface area (Å²) in [6.07, 6.45) is -22.4. The van der Waals surface area contributed by atoms with Crippen molar-refractivity contribution < 1.29 is 103 Å². The zero-order valence-electron chi connectivity index (χ0n) is 32.8. The van der Waals surface area contributed by atoms with Gasteiger partial charge in [-0.1, -0.05) is 46.7 Å². The zero-order valence-corrected chi connectivity index (χ0v) is 41.2. The maximum Gasteiger partial charge on any atom is 0.398 e. The number of anilines is 2. The number of rotatable bonds is 19. The molecule has 6 rings (SSSR count). The number of thioether (sulfide) groups is 2. The number of nitrogen functional groups attached to an aromatic ring is 2. The Morgan fingerprint density at radius 2 is 1.09 bits per heavy atom. The highest BCUT2D eigenvalue weighted by Crippen LogP contribution is 2.83. The molecular weight excluding hydrogens is 1150 g/mol. The first-order valence-corrected chi connectivity index (χ1v) is 29.0. The van der Waals surface area contributed by atoms with Crippen LogP contribution in [0.4, 0.5) is 38.0 Å². The largest absolute Gasteiger partial charge is 0.398 e. The van der Waals surface area contributed by atoms with Gasteiger partial charge in [0.25, 0.3) is 0 Å². The molecule has 4 unspecified atom stereocenters. The average Bonchev–Trinajstić information content (AvgIpc) is 3.95. The summed E-state index contributed by atoms with van der Waals surface area (Å²) in [6.45, 7) is -12.5. The molecule has 0 bridgehead atoms. The molecule has 0 saturated carbocycles. The highest BCUT2D eigenvalue weighted by atomic mass is 35.5. The van der Waals surface area contributed by atoms with E-state index in [0.29, 0.717) is 11.8 Å². The molecule has 12 atom stereocenters. The summed E-state index contributed by atoms with van der Waals surface area (Å²) in [4.78, 5) is 66.2. The Labute approximate surface area is 403 Å². The molecule has 2 aliphatic rings. The number of aromatic nitrogens is 8. The van der Waals surface area contributed by atoms with Gasteiger partial charge in [-0.3, -0.25) is 18.3 Å². The van der Waals surface area contributed by atoms with Crippen molar-refractivity contribution in [2.24, 2.45) is 0 Å². The molecule has 12 N–H and O–H groups in total. The van der Waals surface area contributed by atoms with Crippen LogP contribution in [0.15, 0.2) is 23.0 Å². The smallest absolute Gasteiger partial charge is 0.387 e. The van der Waals surface area contributed by atoms with E-state index in [1.165, 1.54) is 0 Å².